The van der Waals surface area contributed by atoms with E-state index in [9.17, 15) is 0 Å². The van der Waals surface area contributed by atoms with Gasteiger partial charge in [-0.25, -0.2) is 0 Å². The molecule has 0 spiro atoms. The summed E-state index contributed by atoms with van der Waals surface area (Å²) in [5, 5.41) is 8.94. The third-order valence-electron chi connectivity index (χ3n) is 16.1. The Balaban J connectivity index is 0.746. The summed E-state index contributed by atoms with van der Waals surface area (Å²) in [5.41, 5.74) is 18.3. The van der Waals surface area contributed by atoms with Gasteiger partial charge in [-0.15, -0.1) is 11.3 Å². The maximum Gasteiger partial charge on any atom is 0.143 e. The van der Waals surface area contributed by atoms with Crippen LogP contribution in [0.1, 0.15) is 17.0 Å². The lowest BCUT2D eigenvalue weighted by Crippen LogP contribution is -2.21. The number of hydrogen-bond donors (Lipinski definition) is 0. The SMILES string of the molecule is C1=CC2c3cccc(-c4cccc(-n5c6ccncc6c6cnccc65)c4)c3OC2C(c2cccc3c2sc2c(-c4cccc5c4oc4c(-c6cccc(-n7c8ccncc8c8cnccc87)c6)cccc45)cccc23)=C1. The number of nitrogens with zero attached hydrogens (tertiary/aromatic N) is 6. The first kappa shape index (κ1) is 42.4. The molecule has 17 rings (SSSR count). The fourth-order valence-corrected chi connectivity index (χ4v) is 14.1. The molecule has 0 radical (unpaired) electrons. The van der Waals surface area contributed by atoms with Gasteiger partial charge in [0.2, 0.25) is 0 Å². The minimum absolute atomic E-state index is 0.0625. The number of para-hydroxylation sites is 3. The van der Waals surface area contributed by atoms with Gasteiger partial charge in [-0.05, 0) is 65.2 Å². The van der Waals surface area contributed by atoms with E-state index in [1.807, 2.05) is 60.9 Å². The van der Waals surface area contributed by atoms with Gasteiger partial charge in [-0.3, -0.25) is 19.9 Å². The summed E-state index contributed by atoms with van der Waals surface area (Å²) in [6.45, 7) is 0. The lowest BCUT2D eigenvalue weighted by molar-refractivity contribution is 0.279. The van der Waals surface area contributed by atoms with E-state index in [-0.39, 0.29) is 12.0 Å². The minimum atomic E-state index is -0.192. The monoisotopic (exact) mass is 1000 g/mol. The predicted octanol–water partition coefficient (Wildman–Crippen LogP) is 17.2. The molecular formula is C68H40N6O2S. The fourth-order valence-electron chi connectivity index (χ4n) is 12.7. The Morgan fingerprint density at radius 2 is 0.883 bits per heavy atom. The molecule has 0 amide bonds. The van der Waals surface area contributed by atoms with E-state index in [1.54, 1.807) is 0 Å². The van der Waals surface area contributed by atoms with Crippen LogP contribution in [0.3, 0.4) is 0 Å². The summed E-state index contributed by atoms with van der Waals surface area (Å²) in [7, 11) is 0. The number of allylic oxidation sites excluding steroid dienone is 2. The number of pyridine rings is 4. The molecule has 2 unspecified atom stereocenters. The molecule has 1 aliphatic carbocycles. The Hall–Kier alpha value is -9.96. The summed E-state index contributed by atoms with van der Waals surface area (Å²) >= 11 is 1.86. The fraction of sp³-hybridized carbons (Fsp3) is 0.0294. The van der Waals surface area contributed by atoms with E-state index < -0.39 is 0 Å². The van der Waals surface area contributed by atoms with Gasteiger partial charge in [-0.2, -0.15) is 0 Å². The third kappa shape index (κ3) is 6.14. The molecule has 0 fully saturated rings. The van der Waals surface area contributed by atoms with Crippen LogP contribution in [-0.4, -0.2) is 35.2 Å². The van der Waals surface area contributed by atoms with Crippen molar-refractivity contribution in [2.24, 2.45) is 0 Å². The Morgan fingerprint density at radius 3 is 1.48 bits per heavy atom. The number of furan rings is 1. The van der Waals surface area contributed by atoms with Crippen molar-refractivity contribution in [3.8, 4) is 50.5 Å². The second-order valence-electron chi connectivity index (χ2n) is 20.1. The maximum atomic E-state index is 7.27. The van der Waals surface area contributed by atoms with Gasteiger partial charge >= 0.3 is 0 Å². The summed E-state index contributed by atoms with van der Waals surface area (Å²) in [4.78, 5) is 17.8. The number of benzene rings is 7. The van der Waals surface area contributed by atoms with Crippen molar-refractivity contribution in [2.75, 3.05) is 0 Å². The summed E-state index contributed by atoms with van der Waals surface area (Å²) in [6, 6.07) is 59.0. The molecule has 0 N–H and O–H groups in total. The van der Waals surface area contributed by atoms with Crippen molar-refractivity contribution in [3.05, 3.63) is 243 Å². The summed E-state index contributed by atoms with van der Waals surface area (Å²) in [6.07, 6.45) is 21.7. The topological polar surface area (TPSA) is 83.8 Å². The molecule has 0 bridgehead atoms. The normalized spacial score (nSPS) is 15.1. The lowest BCUT2D eigenvalue weighted by Gasteiger charge is -2.23. The molecule has 1 aliphatic heterocycles. The number of fused-ring (bicyclic) bond motifs is 15. The van der Waals surface area contributed by atoms with Crippen molar-refractivity contribution in [1.82, 2.24) is 29.1 Å². The molecule has 360 valence electrons. The number of aromatic nitrogens is 6. The van der Waals surface area contributed by atoms with Gasteiger partial charge in [0.1, 0.15) is 23.0 Å². The molecule has 0 saturated heterocycles. The average molecular weight is 1010 g/mol. The largest absolute Gasteiger partial charge is 0.484 e. The van der Waals surface area contributed by atoms with E-state index in [0.29, 0.717) is 0 Å². The van der Waals surface area contributed by atoms with Crippen LogP contribution in [0.2, 0.25) is 0 Å². The van der Waals surface area contributed by atoms with Crippen LogP contribution in [0.25, 0.3) is 136 Å². The van der Waals surface area contributed by atoms with Crippen LogP contribution in [0.5, 0.6) is 5.75 Å². The molecule has 8 aromatic heterocycles. The number of hydrogen-bond acceptors (Lipinski definition) is 7. The zero-order valence-electron chi connectivity index (χ0n) is 41.0. The van der Waals surface area contributed by atoms with Crippen LogP contribution >= 0.6 is 11.3 Å². The quantitative estimate of drug-likeness (QED) is 0.165. The highest BCUT2D eigenvalue weighted by Gasteiger charge is 2.39. The maximum absolute atomic E-state index is 7.27. The molecule has 0 saturated carbocycles. The highest BCUT2D eigenvalue weighted by atomic mass is 32.1. The second kappa shape index (κ2) is 16.3. The van der Waals surface area contributed by atoms with Crippen molar-refractivity contribution >= 4 is 103 Å². The van der Waals surface area contributed by atoms with Crippen LogP contribution in [-0.2, 0) is 0 Å². The zero-order valence-corrected chi connectivity index (χ0v) is 41.8. The predicted molar refractivity (Wildman–Crippen MR) is 313 cm³/mol. The molecule has 2 aliphatic rings. The number of rotatable bonds is 6. The minimum Gasteiger partial charge on any atom is -0.484 e. The van der Waals surface area contributed by atoms with E-state index in [2.05, 4.69) is 211 Å². The van der Waals surface area contributed by atoms with Gasteiger partial charge < -0.3 is 18.3 Å². The van der Waals surface area contributed by atoms with Crippen molar-refractivity contribution < 1.29 is 9.15 Å². The Labute approximate surface area is 443 Å². The first-order valence-corrected chi connectivity index (χ1v) is 26.7. The van der Waals surface area contributed by atoms with Gasteiger partial charge in [0, 0.05) is 153 Å². The van der Waals surface area contributed by atoms with Gasteiger partial charge in [-0.1, -0.05) is 133 Å². The van der Waals surface area contributed by atoms with E-state index >= 15 is 0 Å². The smallest absolute Gasteiger partial charge is 0.143 e. The zero-order chi connectivity index (χ0) is 50.3. The molecule has 9 heterocycles. The number of ether oxygens (including phenoxy) is 1. The molecule has 8 nitrogen and oxygen atoms in total. The first-order valence-electron chi connectivity index (χ1n) is 25.9. The van der Waals surface area contributed by atoms with Crippen LogP contribution in [0, 0.1) is 0 Å². The van der Waals surface area contributed by atoms with Crippen molar-refractivity contribution in [1.29, 1.82) is 0 Å². The van der Waals surface area contributed by atoms with E-state index in [0.717, 1.165) is 116 Å². The van der Waals surface area contributed by atoms with Gasteiger partial charge in [0.25, 0.3) is 0 Å². The third-order valence-corrected chi connectivity index (χ3v) is 17.4. The van der Waals surface area contributed by atoms with E-state index in [1.165, 1.54) is 36.9 Å². The highest BCUT2D eigenvalue weighted by Crippen LogP contribution is 2.53. The molecule has 2 atom stereocenters. The average Bonchev–Trinajstić information content (AvgIpc) is 4.45. The Bertz CT molecular complexity index is 4970. The molecule has 77 heavy (non-hydrogen) atoms. The second-order valence-corrected chi connectivity index (χ2v) is 21.1. The standard InChI is InChI=1S/C68H40N6O2S/c1-9-39(33-41(11-1)73-59-25-29-69-35-55(59)56-36-70-30-26-60(56)73)43-13-3-15-45-47-17-5-19-49(65(47)75-63(43)45)51-21-7-23-53-54-24-8-22-52(68(54)77-67(51)53)50-20-6-18-48-46-16-4-14-44(64(46)76-66(48)50)40-10-2-12-42(34-40)74-61-27-31-71-37-57(61)58-38-72-32-28-62(58)74/h1-38,47,65H. The van der Waals surface area contributed by atoms with Gasteiger partial charge in [0.15, 0.2) is 0 Å². The Morgan fingerprint density at radius 1 is 0.416 bits per heavy atom. The molecular weight excluding hydrogens is 965 g/mol. The van der Waals surface area contributed by atoms with Crippen LogP contribution in [0.4, 0.5) is 0 Å². The van der Waals surface area contributed by atoms with Crippen LogP contribution < -0.4 is 4.74 Å². The lowest BCUT2D eigenvalue weighted by atomic mass is 9.83. The first-order chi connectivity index (χ1) is 38.2. The summed E-state index contributed by atoms with van der Waals surface area (Å²) < 4.78 is 21.5. The Kier molecular flexibility index (Phi) is 8.96. The summed E-state index contributed by atoms with van der Waals surface area (Å²) in [5.74, 6) is 1.000. The van der Waals surface area contributed by atoms with Crippen molar-refractivity contribution in [2.45, 2.75) is 12.0 Å². The molecule has 7 aromatic carbocycles. The van der Waals surface area contributed by atoms with Gasteiger partial charge in [0.05, 0.1) is 22.1 Å². The van der Waals surface area contributed by atoms with Crippen LogP contribution in [0.15, 0.2) is 236 Å². The van der Waals surface area contributed by atoms with E-state index in [4.69, 9.17) is 9.15 Å². The number of thiophene rings is 1. The highest BCUT2D eigenvalue weighted by molar-refractivity contribution is 7.26. The molecule has 15 aromatic rings. The molecule has 9 heteroatoms. The van der Waals surface area contributed by atoms with Crippen molar-refractivity contribution in [3.63, 3.8) is 0 Å².